The molecule has 0 unspecified atom stereocenters. The molecular formula is C7H17NO3. The first kappa shape index (κ1) is 10.8. The fraction of sp³-hybridized carbons (Fsp3) is 1.00. The summed E-state index contributed by atoms with van der Waals surface area (Å²) in [5.41, 5.74) is 5.42. The maximum atomic E-state index is 5.42. The van der Waals surface area contributed by atoms with Crippen molar-refractivity contribution in [1.82, 2.24) is 0 Å². The molecule has 0 bridgehead atoms. The number of methoxy groups -OCH3 is 2. The molecule has 68 valence electrons. The Kier molecular flexibility index (Phi) is 6.45. The molecule has 0 radical (unpaired) electrons. The molecule has 0 aliphatic carbocycles. The van der Waals surface area contributed by atoms with Gasteiger partial charge in [-0.15, -0.1) is 0 Å². The molecule has 0 aromatic rings. The summed E-state index contributed by atoms with van der Waals surface area (Å²) < 4.78 is 15.1. The van der Waals surface area contributed by atoms with Crippen LogP contribution in [-0.2, 0) is 14.2 Å². The molecule has 0 fully saturated rings. The number of rotatable bonds is 6. The van der Waals surface area contributed by atoms with Crippen LogP contribution >= 0.6 is 0 Å². The molecule has 0 saturated heterocycles. The van der Waals surface area contributed by atoms with Gasteiger partial charge >= 0.3 is 0 Å². The van der Waals surface area contributed by atoms with E-state index in [4.69, 9.17) is 19.9 Å². The SMILES string of the molecule is COCC(COC)O[C@H](C)N. The highest BCUT2D eigenvalue weighted by atomic mass is 16.6. The van der Waals surface area contributed by atoms with E-state index in [1.807, 2.05) is 0 Å². The van der Waals surface area contributed by atoms with Crippen molar-refractivity contribution in [1.29, 1.82) is 0 Å². The Bertz CT molecular complexity index is 81.8. The highest BCUT2D eigenvalue weighted by molar-refractivity contribution is 4.55. The van der Waals surface area contributed by atoms with E-state index in [-0.39, 0.29) is 12.3 Å². The van der Waals surface area contributed by atoms with Gasteiger partial charge in [0.2, 0.25) is 0 Å². The van der Waals surface area contributed by atoms with Gasteiger partial charge in [-0.25, -0.2) is 0 Å². The molecule has 0 aliphatic heterocycles. The van der Waals surface area contributed by atoms with Crippen LogP contribution in [0.1, 0.15) is 6.92 Å². The molecule has 2 N–H and O–H groups in total. The summed E-state index contributed by atoms with van der Waals surface area (Å²) in [5, 5.41) is 0. The van der Waals surface area contributed by atoms with Crippen LogP contribution in [0, 0.1) is 0 Å². The van der Waals surface area contributed by atoms with E-state index in [2.05, 4.69) is 0 Å². The molecule has 0 aromatic carbocycles. The van der Waals surface area contributed by atoms with Gasteiger partial charge in [0, 0.05) is 14.2 Å². The van der Waals surface area contributed by atoms with Crippen LogP contribution in [-0.4, -0.2) is 39.8 Å². The molecule has 0 heterocycles. The molecule has 11 heavy (non-hydrogen) atoms. The highest BCUT2D eigenvalue weighted by Gasteiger charge is 2.09. The predicted octanol–water partition coefficient (Wildman–Crippen LogP) is -0.0309. The average molecular weight is 163 g/mol. The van der Waals surface area contributed by atoms with Gasteiger partial charge in [-0.05, 0) is 6.92 Å². The fourth-order valence-electron chi connectivity index (χ4n) is 0.802. The van der Waals surface area contributed by atoms with Crippen molar-refractivity contribution in [2.45, 2.75) is 19.3 Å². The molecule has 1 atom stereocenters. The number of hydrogen-bond donors (Lipinski definition) is 1. The molecule has 0 rings (SSSR count). The van der Waals surface area contributed by atoms with Gasteiger partial charge in [-0.3, -0.25) is 0 Å². The Labute approximate surface area is 67.6 Å². The quantitative estimate of drug-likeness (QED) is 0.559. The topological polar surface area (TPSA) is 53.7 Å². The third-order valence-electron chi connectivity index (χ3n) is 1.11. The van der Waals surface area contributed by atoms with Crippen molar-refractivity contribution < 1.29 is 14.2 Å². The molecule has 4 nitrogen and oxygen atoms in total. The van der Waals surface area contributed by atoms with E-state index in [1.54, 1.807) is 21.1 Å². The van der Waals surface area contributed by atoms with Gasteiger partial charge in [-0.2, -0.15) is 0 Å². The fourth-order valence-corrected chi connectivity index (χ4v) is 0.802. The highest BCUT2D eigenvalue weighted by Crippen LogP contribution is 1.95. The normalized spacial score (nSPS) is 13.9. The zero-order chi connectivity index (χ0) is 8.69. The minimum atomic E-state index is -0.273. The van der Waals surface area contributed by atoms with Crippen molar-refractivity contribution in [3.8, 4) is 0 Å². The Morgan fingerprint density at radius 3 is 1.91 bits per heavy atom. The third kappa shape index (κ3) is 6.25. The molecule has 0 spiro atoms. The van der Waals surface area contributed by atoms with Gasteiger partial charge in [0.15, 0.2) is 0 Å². The number of hydrogen-bond acceptors (Lipinski definition) is 4. The summed E-state index contributed by atoms with van der Waals surface area (Å²) in [6.45, 7) is 2.79. The Morgan fingerprint density at radius 1 is 1.18 bits per heavy atom. The second-order valence-electron chi connectivity index (χ2n) is 2.37. The molecule has 0 aliphatic rings. The minimum absolute atomic E-state index is 0.0648. The van der Waals surface area contributed by atoms with Crippen LogP contribution in [0.3, 0.4) is 0 Å². The summed E-state index contributed by atoms with van der Waals surface area (Å²) in [4.78, 5) is 0. The first-order valence-corrected chi connectivity index (χ1v) is 3.59. The Morgan fingerprint density at radius 2 is 1.64 bits per heavy atom. The van der Waals surface area contributed by atoms with Gasteiger partial charge in [0.25, 0.3) is 0 Å². The maximum Gasteiger partial charge on any atom is 0.106 e. The summed E-state index contributed by atoms with van der Waals surface area (Å²) in [6.07, 6.45) is -0.338. The summed E-state index contributed by atoms with van der Waals surface area (Å²) in [6, 6.07) is 0. The molecule has 0 saturated carbocycles. The second kappa shape index (κ2) is 6.54. The molecule has 0 aromatic heterocycles. The molecular weight excluding hydrogens is 146 g/mol. The standard InChI is InChI=1S/C7H17NO3/c1-6(8)11-7(4-9-2)5-10-3/h6-7H,4-5,8H2,1-3H3/t6-/m1/s1. The van der Waals surface area contributed by atoms with Crippen molar-refractivity contribution in [3.05, 3.63) is 0 Å². The number of nitrogens with two attached hydrogens (primary N) is 1. The van der Waals surface area contributed by atoms with Crippen LogP contribution in [0.2, 0.25) is 0 Å². The first-order chi connectivity index (χ1) is 5.20. The van der Waals surface area contributed by atoms with Gasteiger partial charge in [-0.1, -0.05) is 0 Å². The van der Waals surface area contributed by atoms with Gasteiger partial charge in [0.05, 0.1) is 13.2 Å². The summed E-state index contributed by atoms with van der Waals surface area (Å²) in [7, 11) is 3.24. The summed E-state index contributed by atoms with van der Waals surface area (Å²) >= 11 is 0. The van der Waals surface area contributed by atoms with Crippen LogP contribution in [0.5, 0.6) is 0 Å². The van der Waals surface area contributed by atoms with Crippen molar-refractivity contribution in [2.24, 2.45) is 5.73 Å². The molecule has 0 amide bonds. The summed E-state index contributed by atoms with van der Waals surface area (Å²) in [5.74, 6) is 0. The largest absolute Gasteiger partial charge is 0.382 e. The predicted molar refractivity (Wildman–Crippen MR) is 42.3 cm³/mol. The lowest BCUT2D eigenvalue weighted by Gasteiger charge is -2.18. The zero-order valence-corrected chi connectivity index (χ0v) is 7.37. The lowest BCUT2D eigenvalue weighted by molar-refractivity contribution is -0.0700. The van der Waals surface area contributed by atoms with Crippen LogP contribution < -0.4 is 5.73 Å². The third-order valence-corrected chi connectivity index (χ3v) is 1.11. The lowest BCUT2D eigenvalue weighted by Crippen LogP contribution is -2.32. The van der Waals surface area contributed by atoms with Crippen molar-refractivity contribution in [3.63, 3.8) is 0 Å². The number of ether oxygens (including phenoxy) is 3. The maximum absolute atomic E-state index is 5.42. The minimum Gasteiger partial charge on any atom is -0.382 e. The molecule has 4 heteroatoms. The van der Waals surface area contributed by atoms with Crippen LogP contribution in [0.15, 0.2) is 0 Å². The van der Waals surface area contributed by atoms with Gasteiger partial charge in [0.1, 0.15) is 12.3 Å². The Balaban J connectivity index is 3.50. The van der Waals surface area contributed by atoms with E-state index < -0.39 is 0 Å². The van der Waals surface area contributed by atoms with E-state index >= 15 is 0 Å². The van der Waals surface area contributed by atoms with E-state index in [1.165, 1.54) is 0 Å². The van der Waals surface area contributed by atoms with Gasteiger partial charge < -0.3 is 19.9 Å². The lowest BCUT2D eigenvalue weighted by atomic mass is 10.4. The van der Waals surface area contributed by atoms with Crippen molar-refractivity contribution in [2.75, 3.05) is 27.4 Å². The van der Waals surface area contributed by atoms with E-state index in [9.17, 15) is 0 Å². The zero-order valence-electron chi connectivity index (χ0n) is 7.37. The average Bonchev–Trinajstić information content (AvgIpc) is 1.87. The second-order valence-corrected chi connectivity index (χ2v) is 2.37. The Hall–Kier alpha value is -0.160. The first-order valence-electron chi connectivity index (χ1n) is 3.59. The monoisotopic (exact) mass is 163 g/mol. The van der Waals surface area contributed by atoms with E-state index in [0.29, 0.717) is 13.2 Å². The van der Waals surface area contributed by atoms with Crippen LogP contribution in [0.25, 0.3) is 0 Å². The van der Waals surface area contributed by atoms with E-state index in [0.717, 1.165) is 0 Å². The smallest absolute Gasteiger partial charge is 0.106 e. The van der Waals surface area contributed by atoms with Crippen LogP contribution in [0.4, 0.5) is 0 Å². The van der Waals surface area contributed by atoms with Crippen molar-refractivity contribution >= 4 is 0 Å².